The van der Waals surface area contributed by atoms with E-state index < -0.39 is 0 Å². The van der Waals surface area contributed by atoms with E-state index in [1.165, 1.54) is 37.1 Å². The predicted molar refractivity (Wildman–Crippen MR) is 187 cm³/mol. The fourth-order valence-electron chi connectivity index (χ4n) is 6.32. The molecule has 0 N–H and O–H groups in total. The second-order valence-corrected chi connectivity index (χ2v) is 14.0. The van der Waals surface area contributed by atoms with Crippen molar-refractivity contribution in [1.29, 1.82) is 0 Å². The number of fused-ring (bicyclic) bond motifs is 1. The number of likely N-dealkylation sites (tertiary alicyclic amines) is 1. The molecule has 0 radical (unpaired) electrons. The van der Waals surface area contributed by atoms with Crippen molar-refractivity contribution in [3.63, 3.8) is 0 Å². The SMILES string of the molecule is C=C(P)/C=C\C(=C/C)C(c1ccc(Cl)cc1)N1CCN(Cc2nc(OCC(C)(C)CN3CCCC3)c3ccccc3n2)CC1. The maximum atomic E-state index is 6.47. The number of hydrogen-bond donors (Lipinski definition) is 0. The second-order valence-electron chi connectivity index (χ2n) is 12.9. The first-order chi connectivity index (χ1) is 21.2. The zero-order valence-electron chi connectivity index (χ0n) is 26.5. The van der Waals surface area contributed by atoms with Crippen LogP contribution in [0.2, 0.25) is 5.02 Å². The van der Waals surface area contributed by atoms with Crippen LogP contribution in [0.5, 0.6) is 5.88 Å². The minimum absolute atomic E-state index is 0.0394. The maximum absolute atomic E-state index is 6.47. The molecule has 234 valence electrons. The van der Waals surface area contributed by atoms with Gasteiger partial charge in [-0.3, -0.25) is 9.80 Å². The Balaban J connectivity index is 1.28. The van der Waals surface area contributed by atoms with E-state index in [0.29, 0.717) is 19.0 Å². The lowest BCUT2D eigenvalue weighted by Crippen LogP contribution is -2.47. The van der Waals surface area contributed by atoms with Crippen LogP contribution in [0.15, 0.2) is 84.2 Å². The molecule has 2 atom stereocenters. The van der Waals surface area contributed by atoms with E-state index in [4.69, 9.17) is 26.3 Å². The number of hydrogen-bond acceptors (Lipinski definition) is 6. The zero-order chi connectivity index (χ0) is 31.1. The van der Waals surface area contributed by atoms with Crippen molar-refractivity contribution >= 4 is 31.7 Å². The summed E-state index contributed by atoms with van der Waals surface area (Å²) in [6.45, 7) is 19.2. The molecule has 0 amide bonds. The fraction of sp³-hybridized carbons (Fsp3) is 0.444. The number of halogens is 1. The number of para-hydroxylation sites is 1. The summed E-state index contributed by atoms with van der Waals surface area (Å²) in [4.78, 5) is 17.5. The predicted octanol–water partition coefficient (Wildman–Crippen LogP) is 7.53. The summed E-state index contributed by atoms with van der Waals surface area (Å²) >= 11 is 6.25. The third kappa shape index (κ3) is 8.77. The minimum Gasteiger partial charge on any atom is -0.477 e. The number of piperazine rings is 1. The van der Waals surface area contributed by atoms with Crippen molar-refractivity contribution in [2.45, 2.75) is 46.2 Å². The van der Waals surface area contributed by atoms with Crippen molar-refractivity contribution in [3.05, 3.63) is 101 Å². The molecule has 2 unspecified atom stereocenters. The topological polar surface area (TPSA) is 44.7 Å². The first kappa shape index (κ1) is 32.8. The maximum Gasteiger partial charge on any atom is 0.224 e. The Bertz CT molecular complexity index is 1470. The van der Waals surface area contributed by atoms with Crippen LogP contribution < -0.4 is 4.74 Å². The quantitative estimate of drug-likeness (QED) is 0.152. The van der Waals surface area contributed by atoms with Crippen LogP contribution in [0, 0.1) is 5.41 Å². The van der Waals surface area contributed by atoms with E-state index in [1.54, 1.807) is 0 Å². The van der Waals surface area contributed by atoms with Crippen molar-refractivity contribution < 1.29 is 4.74 Å². The molecule has 0 saturated carbocycles. The van der Waals surface area contributed by atoms with Gasteiger partial charge in [-0.25, -0.2) is 4.98 Å². The number of rotatable bonds is 12. The Morgan fingerprint density at radius 3 is 2.36 bits per heavy atom. The highest BCUT2D eigenvalue weighted by atomic mass is 35.5. The number of allylic oxidation sites excluding steroid dienone is 3. The number of nitrogens with zero attached hydrogens (tertiary/aromatic N) is 5. The largest absolute Gasteiger partial charge is 0.477 e. The van der Waals surface area contributed by atoms with E-state index in [2.05, 4.69) is 93.8 Å². The van der Waals surface area contributed by atoms with Gasteiger partial charge in [-0.2, -0.15) is 4.98 Å². The molecule has 2 aromatic carbocycles. The van der Waals surface area contributed by atoms with Gasteiger partial charge in [0, 0.05) is 43.2 Å². The van der Waals surface area contributed by atoms with Gasteiger partial charge in [0.2, 0.25) is 5.88 Å². The van der Waals surface area contributed by atoms with Crippen molar-refractivity contribution in [1.82, 2.24) is 24.7 Å². The highest BCUT2D eigenvalue weighted by Crippen LogP contribution is 2.32. The average molecular weight is 632 g/mol. The first-order valence-corrected chi connectivity index (χ1v) is 16.8. The summed E-state index contributed by atoms with van der Waals surface area (Å²) in [5.41, 5.74) is 3.46. The summed E-state index contributed by atoms with van der Waals surface area (Å²) in [7, 11) is 2.67. The average Bonchev–Trinajstić information content (AvgIpc) is 3.51. The molecule has 44 heavy (non-hydrogen) atoms. The van der Waals surface area contributed by atoms with Gasteiger partial charge >= 0.3 is 0 Å². The summed E-state index contributed by atoms with van der Waals surface area (Å²) < 4.78 is 6.47. The lowest BCUT2D eigenvalue weighted by Gasteiger charge is -2.40. The molecule has 3 heterocycles. The van der Waals surface area contributed by atoms with Crippen molar-refractivity contribution in [3.8, 4) is 5.88 Å². The lowest BCUT2D eigenvalue weighted by atomic mass is 9.94. The number of benzene rings is 2. The molecule has 2 aliphatic rings. The van der Waals surface area contributed by atoms with E-state index >= 15 is 0 Å². The zero-order valence-corrected chi connectivity index (χ0v) is 28.4. The molecule has 0 bridgehead atoms. The van der Waals surface area contributed by atoms with Crippen LogP contribution in [0.1, 0.15) is 51.0 Å². The number of ether oxygens (including phenoxy) is 1. The molecule has 2 aliphatic heterocycles. The van der Waals surface area contributed by atoms with E-state index in [-0.39, 0.29) is 11.5 Å². The van der Waals surface area contributed by atoms with Crippen LogP contribution in [0.3, 0.4) is 0 Å². The Morgan fingerprint density at radius 2 is 1.68 bits per heavy atom. The third-order valence-electron chi connectivity index (χ3n) is 8.53. The molecule has 0 spiro atoms. The van der Waals surface area contributed by atoms with Gasteiger partial charge in [-0.15, -0.1) is 9.24 Å². The molecule has 5 rings (SSSR count). The highest BCUT2D eigenvalue weighted by molar-refractivity contribution is 7.22. The first-order valence-electron chi connectivity index (χ1n) is 15.8. The normalized spacial score (nSPS) is 18.3. The molecular weight excluding hydrogens is 585 g/mol. The van der Waals surface area contributed by atoms with Crippen LogP contribution in [0.25, 0.3) is 10.9 Å². The Hall–Kier alpha value is -2.60. The molecule has 6 nitrogen and oxygen atoms in total. The third-order valence-corrected chi connectivity index (χ3v) is 8.97. The van der Waals surface area contributed by atoms with Crippen LogP contribution in [0.4, 0.5) is 0 Å². The monoisotopic (exact) mass is 631 g/mol. The second kappa shape index (κ2) is 15.1. The van der Waals surface area contributed by atoms with Gasteiger partial charge in [-0.05, 0) is 73.6 Å². The van der Waals surface area contributed by atoms with Gasteiger partial charge in [-0.1, -0.05) is 74.5 Å². The van der Waals surface area contributed by atoms with Gasteiger partial charge in [0.25, 0.3) is 0 Å². The van der Waals surface area contributed by atoms with E-state index in [1.807, 2.05) is 24.3 Å². The molecular formula is C36H47ClN5OP. The summed E-state index contributed by atoms with van der Waals surface area (Å²) in [6, 6.07) is 16.6. The van der Waals surface area contributed by atoms with Crippen LogP contribution >= 0.6 is 20.8 Å². The molecule has 1 aromatic heterocycles. The smallest absolute Gasteiger partial charge is 0.224 e. The van der Waals surface area contributed by atoms with E-state index in [9.17, 15) is 0 Å². The molecule has 8 heteroatoms. The molecule has 3 aromatic rings. The standard InChI is InChI=1S/C36H47ClN5OP/c1-5-28(13-12-27(2)44)34(29-14-16-30(37)17-15-29)42-22-20-40(21-23-42)24-33-38-32-11-7-6-10-31(32)35(39-33)43-26-36(3,4)25-41-18-8-9-19-41/h5-7,10-17,34H,2,8-9,18-26,44H2,1,3-4H3/b13-12-,28-5+. The molecule has 0 aliphatic carbocycles. The minimum atomic E-state index is 0.0394. The van der Waals surface area contributed by atoms with Crippen LogP contribution in [-0.4, -0.2) is 77.1 Å². The van der Waals surface area contributed by atoms with Gasteiger partial charge in [0.15, 0.2) is 0 Å². The van der Waals surface area contributed by atoms with Crippen molar-refractivity contribution in [2.75, 3.05) is 52.4 Å². The lowest BCUT2D eigenvalue weighted by molar-refractivity contribution is 0.102. The molecule has 2 saturated heterocycles. The Labute approximate surface area is 271 Å². The highest BCUT2D eigenvalue weighted by Gasteiger charge is 2.28. The summed E-state index contributed by atoms with van der Waals surface area (Å²) in [5, 5.41) is 2.68. The van der Waals surface area contributed by atoms with Gasteiger partial charge in [0.1, 0.15) is 5.82 Å². The Morgan fingerprint density at radius 1 is 0.977 bits per heavy atom. The molecule has 2 fully saturated rings. The van der Waals surface area contributed by atoms with Crippen molar-refractivity contribution in [2.24, 2.45) is 5.41 Å². The fourth-order valence-corrected chi connectivity index (χ4v) is 6.54. The van der Waals surface area contributed by atoms with Crippen LogP contribution in [-0.2, 0) is 6.54 Å². The Kier molecular flexibility index (Phi) is 11.3. The summed E-state index contributed by atoms with van der Waals surface area (Å²) in [5.74, 6) is 1.51. The summed E-state index contributed by atoms with van der Waals surface area (Å²) in [6.07, 6.45) is 9.04. The number of aromatic nitrogens is 2. The van der Waals surface area contributed by atoms with Gasteiger partial charge in [0.05, 0.1) is 30.1 Å². The van der Waals surface area contributed by atoms with Gasteiger partial charge < -0.3 is 9.64 Å². The van der Waals surface area contributed by atoms with E-state index in [0.717, 1.165) is 59.8 Å².